The van der Waals surface area contributed by atoms with E-state index < -0.39 is 12.1 Å². The van der Waals surface area contributed by atoms with E-state index in [0.29, 0.717) is 41.5 Å². The molecular formula is C32H36N6O6. The van der Waals surface area contributed by atoms with E-state index >= 15 is 0 Å². The van der Waals surface area contributed by atoms with Crippen LogP contribution in [0.3, 0.4) is 0 Å². The highest BCUT2D eigenvalue weighted by atomic mass is 16.5. The van der Waals surface area contributed by atoms with Gasteiger partial charge in [0.05, 0.1) is 13.2 Å². The lowest BCUT2D eigenvalue weighted by Crippen LogP contribution is -2.58. The first-order chi connectivity index (χ1) is 21.3. The number of nitrogens with two attached hydrogens (primary N) is 1. The Morgan fingerprint density at radius 3 is 2.80 bits per heavy atom. The van der Waals surface area contributed by atoms with Crippen molar-refractivity contribution in [3.8, 4) is 17.2 Å². The average Bonchev–Trinajstić information content (AvgIpc) is 3.03. The van der Waals surface area contributed by atoms with Gasteiger partial charge < -0.3 is 35.5 Å². The number of benzene rings is 2. The van der Waals surface area contributed by atoms with Gasteiger partial charge >= 0.3 is 0 Å². The van der Waals surface area contributed by atoms with Crippen molar-refractivity contribution in [3.63, 3.8) is 0 Å². The highest BCUT2D eigenvalue weighted by Gasteiger charge is 2.36. The number of hydrogen-bond acceptors (Lipinski definition) is 9. The van der Waals surface area contributed by atoms with Gasteiger partial charge in [0.2, 0.25) is 5.95 Å². The highest BCUT2D eigenvalue weighted by Crippen LogP contribution is 2.29. The maximum Gasteiger partial charge on any atom is 0.273 e. The molecule has 12 heteroatoms. The largest absolute Gasteiger partial charge is 0.496 e. The minimum atomic E-state index is -0.550. The van der Waals surface area contributed by atoms with Gasteiger partial charge in [-0.05, 0) is 62.4 Å². The third-order valence-corrected chi connectivity index (χ3v) is 8.39. The third-order valence-electron chi connectivity index (χ3n) is 8.39. The van der Waals surface area contributed by atoms with E-state index in [9.17, 15) is 14.4 Å². The SMILES string of the molecule is COc1cc2ccc1CNC(=O)COc1cc(ccc1C)C(=O)N[C@H]1CN(C(=O)c3nc(N)nc4c3CCCC4)CC[C@H]1O2. The number of amides is 3. The van der Waals surface area contributed by atoms with Crippen LogP contribution in [0.5, 0.6) is 17.2 Å². The van der Waals surface area contributed by atoms with E-state index in [4.69, 9.17) is 19.9 Å². The van der Waals surface area contributed by atoms with Crippen LogP contribution < -0.4 is 30.6 Å². The number of rotatable bonds is 2. The fraction of sp³-hybridized carbons (Fsp3) is 0.406. The fourth-order valence-corrected chi connectivity index (χ4v) is 5.99. The van der Waals surface area contributed by atoms with Gasteiger partial charge in [-0.25, -0.2) is 9.97 Å². The number of fused-ring (bicyclic) bond motifs is 8. The summed E-state index contributed by atoms with van der Waals surface area (Å²) >= 11 is 0. The van der Waals surface area contributed by atoms with E-state index in [1.807, 2.05) is 13.0 Å². The summed E-state index contributed by atoms with van der Waals surface area (Å²) in [7, 11) is 1.55. The zero-order valence-corrected chi connectivity index (χ0v) is 24.9. The zero-order chi connectivity index (χ0) is 30.8. The Balaban J connectivity index is 1.32. The summed E-state index contributed by atoms with van der Waals surface area (Å²) in [6, 6.07) is 9.93. The molecular weight excluding hydrogens is 564 g/mol. The summed E-state index contributed by atoms with van der Waals surface area (Å²) in [4.78, 5) is 50.5. The van der Waals surface area contributed by atoms with Gasteiger partial charge in [-0.15, -0.1) is 0 Å². The first-order valence-corrected chi connectivity index (χ1v) is 14.9. The van der Waals surface area contributed by atoms with Gasteiger partial charge in [0.15, 0.2) is 6.61 Å². The summed E-state index contributed by atoms with van der Waals surface area (Å²) in [6.07, 6.45) is 3.47. The summed E-state index contributed by atoms with van der Waals surface area (Å²) in [6.45, 7) is 2.48. The van der Waals surface area contributed by atoms with Crippen molar-refractivity contribution in [2.75, 3.05) is 32.5 Å². The molecule has 7 rings (SSSR count). The predicted octanol–water partition coefficient (Wildman–Crippen LogP) is 2.36. The third kappa shape index (κ3) is 6.10. The van der Waals surface area contributed by atoms with Crippen LogP contribution in [0, 0.1) is 6.92 Å². The van der Waals surface area contributed by atoms with Crippen LogP contribution in [0.2, 0.25) is 0 Å². The second-order valence-corrected chi connectivity index (χ2v) is 11.4. The molecule has 44 heavy (non-hydrogen) atoms. The number of methoxy groups -OCH3 is 1. The lowest BCUT2D eigenvalue weighted by Gasteiger charge is -2.39. The molecule has 3 aromatic rings. The maximum atomic E-state index is 13.9. The van der Waals surface area contributed by atoms with Crippen LogP contribution in [-0.4, -0.2) is 71.5 Å². The molecule has 3 aliphatic heterocycles. The number of nitrogen functional groups attached to an aromatic ring is 1. The standard InChI is InChI=1S/C32H36N6O6/c1-18-7-8-19-13-26(18)43-17-28(39)34-15-20-9-10-21(14-27(20)42-2)44-25-11-12-38(16-24(25)35-30(19)40)31(41)29-22-5-3-4-6-23(22)36-32(33)37-29/h7-10,13-14,24-25H,3-6,11-12,15-17H2,1-2H3,(H,34,39)(H,35,40)(H2,33,36,37)/t24-,25+/m0/s1. The normalized spacial score (nSPS) is 20.2. The molecule has 1 aliphatic carbocycles. The molecule has 1 fully saturated rings. The Hall–Kier alpha value is -4.87. The molecule has 1 aromatic heterocycles. The summed E-state index contributed by atoms with van der Waals surface area (Å²) in [5, 5.41) is 5.94. The lowest BCUT2D eigenvalue weighted by atomic mass is 9.93. The molecule has 0 unspecified atom stereocenters. The van der Waals surface area contributed by atoms with Crippen molar-refractivity contribution >= 4 is 23.7 Å². The topological polar surface area (TPSA) is 158 Å². The molecule has 230 valence electrons. The highest BCUT2D eigenvalue weighted by molar-refractivity contribution is 5.96. The predicted molar refractivity (Wildman–Crippen MR) is 161 cm³/mol. The van der Waals surface area contributed by atoms with Crippen LogP contribution in [0.15, 0.2) is 36.4 Å². The van der Waals surface area contributed by atoms with E-state index in [1.54, 1.807) is 42.3 Å². The molecule has 0 radical (unpaired) electrons. The van der Waals surface area contributed by atoms with Crippen molar-refractivity contribution in [1.29, 1.82) is 0 Å². The maximum absolute atomic E-state index is 13.9. The van der Waals surface area contributed by atoms with Gasteiger partial charge in [-0.3, -0.25) is 14.4 Å². The molecule has 4 aliphatic rings. The molecule has 3 amide bonds. The molecule has 1 saturated heterocycles. The van der Waals surface area contributed by atoms with Crippen molar-refractivity contribution in [2.45, 2.75) is 57.7 Å². The van der Waals surface area contributed by atoms with Crippen molar-refractivity contribution < 1.29 is 28.6 Å². The number of anilines is 1. The Morgan fingerprint density at radius 2 is 1.95 bits per heavy atom. The summed E-state index contributed by atoms with van der Waals surface area (Å²) in [5.41, 5.74) is 9.96. The zero-order valence-electron chi connectivity index (χ0n) is 24.9. The number of nitrogens with one attached hydrogen (secondary N) is 2. The number of piperidine rings is 1. The Kier molecular flexibility index (Phi) is 8.23. The smallest absolute Gasteiger partial charge is 0.273 e. The summed E-state index contributed by atoms with van der Waals surface area (Å²) < 4.78 is 17.8. The molecule has 4 N–H and O–H groups in total. The number of nitrogens with zero attached hydrogens (tertiary/aromatic N) is 3. The molecule has 4 bridgehead atoms. The average molecular weight is 601 g/mol. The van der Waals surface area contributed by atoms with Gasteiger partial charge in [0.25, 0.3) is 17.7 Å². The number of aryl methyl sites for hydroxylation is 2. The molecule has 4 heterocycles. The number of aromatic nitrogens is 2. The van der Waals surface area contributed by atoms with E-state index in [-0.39, 0.29) is 43.4 Å². The number of ether oxygens (including phenoxy) is 3. The molecule has 2 aromatic carbocycles. The van der Waals surface area contributed by atoms with E-state index in [0.717, 1.165) is 48.1 Å². The molecule has 0 saturated carbocycles. The fourth-order valence-electron chi connectivity index (χ4n) is 5.99. The number of likely N-dealkylation sites (tertiary alicyclic amines) is 1. The number of carbonyl (C=O) groups excluding carboxylic acids is 3. The molecule has 2 atom stereocenters. The first-order valence-electron chi connectivity index (χ1n) is 14.9. The Bertz CT molecular complexity index is 1610. The van der Waals surface area contributed by atoms with Gasteiger partial charge in [-0.1, -0.05) is 6.07 Å². The van der Waals surface area contributed by atoms with Gasteiger partial charge in [0, 0.05) is 54.5 Å². The van der Waals surface area contributed by atoms with Crippen LogP contribution in [0.25, 0.3) is 0 Å². The van der Waals surface area contributed by atoms with Gasteiger partial charge in [-0.2, -0.15) is 0 Å². The van der Waals surface area contributed by atoms with Crippen LogP contribution in [0.4, 0.5) is 5.95 Å². The monoisotopic (exact) mass is 600 g/mol. The van der Waals surface area contributed by atoms with Crippen molar-refractivity contribution in [3.05, 3.63) is 70.0 Å². The second-order valence-electron chi connectivity index (χ2n) is 11.4. The lowest BCUT2D eigenvalue weighted by molar-refractivity contribution is -0.123. The quantitative estimate of drug-likeness (QED) is 0.402. The van der Waals surface area contributed by atoms with E-state index in [1.165, 1.54) is 0 Å². The first kappa shape index (κ1) is 29.2. The second kappa shape index (κ2) is 12.4. The number of carbonyl (C=O) groups is 3. The van der Waals surface area contributed by atoms with Crippen LogP contribution in [-0.2, 0) is 24.2 Å². The Morgan fingerprint density at radius 1 is 1.11 bits per heavy atom. The van der Waals surface area contributed by atoms with Gasteiger partial charge in [0.1, 0.15) is 29.0 Å². The van der Waals surface area contributed by atoms with Crippen LogP contribution >= 0.6 is 0 Å². The minimum Gasteiger partial charge on any atom is -0.496 e. The summed E-state index contributed by atoms with van der Waals surface area (Å²) in [5.74, 6) is 0.716. The van der Waals surface area contributed by atoms with Crippen molar-refractivity contribution in [2.24, 2.45) is 0 Å². The number of hydrogen-bond donors (Lipinski definition) is 3. The molecule has 12 nitrogen and oxygen atoms in total. The molecule has 0 spiro atoms. The van der Waals surface area contributed by atoms with Crippen molar-refractivity contribution in [1.82, 2.24) is 25.5 Å². The van der Waals surface area contributed by atoms with E-state index in [2.05, 4.69) is 20.6 Å². The minimum absolute atomic E-state index is 0.0905. The van der Waals surface area contributed by atoms with Crippen LogP contribution in [0.1, 0.15) is 62.5 Å². The Labute approximate surface area is 255 Å².